The number of benzene rings is 2. The normalized spacial score (nSPS) is 25.8. The maximum atomic E-state index is 14.8. The monoisotopic (exact) mass is 600 g/mol. The Morgan fingerprint density at radius 1 is 1.09 bits per heavy atom. The fourth-order valence-electron chi connectivity index (χ4n) is 7.97. The first-order valence-electron chi connectivity index (χ1n) is 15.0. The number of aromatic nitrogens is 1. The highest BCUT2D eigenvalue weighted by atomic mass is 16.5. The van der Waals surface area contributed by atoms with Gasteiger partial charge in [0.2, 0.25) is 5.78 Å². The fraction of sp³-hybridized carbons (Fsp3) is 0.471. The lowest BCUT2D eigenvalue weighted by Gasteiger charge is -2.52. The van der Waals surface area contributed by atoms with Crippen molar-refractivity contribution in [3.05, 3.63) is 75.7 Å². The van der Waals surface area contributed by atoms with E-state index in [1.807, 2.05) is 81.4 Å². The van der Waals surface area contributed by atoms with Gasteiger partial charge in [0.05, 0.1) is 28.8 Å². The topological polar surface area (TPSA) is 114 Å². The first kappa shape index (κ1) is 30.2. The average Bonchev–Trinajstić information content (AvgIpc) is 3.37. The second-order valence-electron chi connectivity index (χ2n) is 12.6. The first-order chi connectivity index (χ1) is 21.1. The highest BCUT2D eigenvalue weighted by Gasteiger charge is 2.68. The molecule has 2 aromatic carbocycles. The van der Waals surface area contributed by atoms with Gasteiger partial charge in [-0.1, -0.05) is 35.5 Å². The molecule has 1 heterocycles. The number of hydrogen-bond acceptors (Lipinski definition) is 10. The molecule has 1 saturated carbocycles. The molecule has 5 unspecified atom stereocenters. The minimum atomic E-state index is -1.83. The van der Waals surface area contributed by atoms with E-state index in [0.717, 1.165) is 22.4 Å². The molecule has 0 spiro atoms. The van der Waals surface area contributed by atoms with Gasteiger partial charge < -0.3 is 24.2 Å². The molecule has 5 atom stereocenters. The number of ether oxygens (including phenoxy) is 2. The van der Waals surface area contributed by atoms with Crippen LogP contribution in [0.3, 0.4) is 0 Å². The van der Waals surface area contributed by atoms with Crippen LogP contribution in [-0.2, 0) is 29.1 Å². The summed E-state index contributed by atoms with van der Waals surface area (Å²) in [4.78, 5) is 47.7. The molecule has 0 radical (unpaired) electrons. The molecule has 1 N–H and O–H groups in total. The number of carbonyl (C=O) groups excluding carboxylic acids is 3. The molecule has 0 amide bonds. The summed E-state index contributed by atoms with van der Waals surface area (Å²) in [7, 11) is 11.0. The molecule has 3 aliphatic carbocycles. The number of carbonyl (C=O) groups is 3. The molecular weight excluding hydrogens is 560 g/mol. The summed E-state index contributed by atoms with van der Waals surface area (Å²) < 4.78 is 18.1. The summed E-state index contributed by atoms with van der Waals surface area (Å²) in [5.41, 5.74) is 3.05. The Bertz CT molecular complexity index is 1630. The third-order valence-corrected chi connectivity index (χ3v) is 9.67. The minimum Gasteiger partial charge on any atom is -0.488 e. The van der Waals surface area contributed by atoms with Gasteiger partial charge in [0.15, 0.2) is 22.9 Å². The van der Waals surface area contributed by atoms with Crippen LogP contribution in [-0.4, -0.2) is 75.4 Å². The number of ketones is 3. The molecule has 10 nitrogen and oxygen atoms in total. The Labute approximate surface area is 257 Å². The van der Waals surface area contributed by atoms with Gasteiger partial charge >= 0.3 is 0 Å². The third kappa shape index (κ3) is 4.34. The SMILES string of the molecule is CNCc1cc(OCc2ccccc2)c2c(c1N(C)C)CC1CC3C(N(C)C)c4onc(C)c4C(=O)C3(OC)C(=O)C1C2=O. The lowest BCUT2D eigenvalue weighted by Crippen LogP contribution is -2.67. The third-order valence-electron chi connectivity index (χ3n) is 9.67. The van der Waals surface area contributed by atoms with Gasteiger partial charge in [0.25, 0.3) is 0 Å². The summed E-state index contributed by atoms with van der Waals surface area (Å²) >= 11 is 0. The van der Waals surface area contributed by atoms with Gasteiger partial charge in [-0.25, -0.2) is 0 Å². The number of nitrogens with zero attached hydrogens (tertiary/aromatic N) is 3. The molecule has 232 valence electrons. The summed E-state index contributed by atoms with van der Waals surface area (Å²) in [6.07, 6.45) is 0.906. The van der Waals surface area contributed by atoms with Gasteiger partial charge in [-0.05, 0) is 69.6 Å². The molecular formula is C34H40N4O6. The van der Waals surface area contributed by atoms with Gasteiger partial charge in [0, 0.05) is 39.4 Å². The molecule has 3 aliphatic rings. The smallest absolute Gasteiger partial charge is 0.208 e. The van der Waals surface area contributed by atoms with Crippen LogP contribution >= 0.6 is 0 Å². The van der Waals surface area contributed by atoms with Gasteiger partial charge in [0.1, 0.15) is 12.4 Å². The molecule has 1 fully saturated rings. The molecule has 3 aromatic rings. The van der Waals surface area contributed by atoms with Crippen molar-refractivity contribution >= 4 is 23.0 Å². The first-order valence-corrected chi connectivity index (χ1v) is 15.0. The number of rotatable bonds is 8. The highest BCUT2D eigenvalue weighted by molar-refractivity contribution is 6.27. The Hall–Kier alpha value is -3.86. The minimum absolute atomic E-state index is 0.269. The molecule has 6 rings (SSSR count). The van der Waals surface area contributed by atoms with E-state index in [1.54, 1.807) is 6.92 Å². The summed E-state index contributed by atoms with van der Waals surface area (Å²) in [5, 5.41) is 7.35. The predicted molar refractivity (Wildman–Crippen MR) is 164 cm³/mol. The zero-order valence-electron chi connectivity index (χ0n) is 26.4. The molecule has 0 bridgehead atoms. The van der Waals surface area contributed by atoms with Gasteiger partial charge in [-0.2, -0.15) is 0 Å². The van der Waals surface area contributed by atoms with E-state index < -0.39 is 35.0 Å². The standard InChI is InChI=1S/C34H40N4O6/c1-18-25-31(44-36-18)29(38(5)6)23-14-20-13-22-27(30(39)26(20)33(41)34(23,42-7)32(25)40)24(43-17-19-11-9-8-10-12-19)15-21(16-35-2)28(22)37(3)4/h8-12,15,20,23,26,29,35H,13-14,16-17H2,1-7H3. The van der Waals surface area contributed by atoms with Crippen LogP contribution in [0.15, 0.2) is 40.9 Å². The van der Waals surface area contributed by atoms with Crippen molar-refractivity contribution in [3.8, 4) is 5.75 Å². The number of anilines is 1. The van der Waals surface area contributed by atoms with Crippen molar-refractivity contribution < 1.29 is 28.4 Å². The largest absolute Gasteiger partial charge is 0.488 e. The van der Waals surface area contributed by atoms with E-state index in [2.05, 4.69) is 10.5 Å². The zero-order chi connectivity index (χ0) is 31.5. The van der Waals surface area contributed by atoms with Crippen molar-refractivity contribution in [3.63, 3.8) is 0 Å². The summed E-state index contributed by atoms with van der Waals surface area (Å²) in [6, 6.07) is 11.2. The van der Waals surface area contributed by atoms with Gasteiger partial charge in [-0.15, -0.1) is 0 Å². The van der Waals surface area contributed by atoms with Crippen LogP contribution in [0.2, 0.25) is 0 Å². The predicted octanol–water partition coefficient (Wildman–Crippen LogP) is 3.79. The van der Waals surface area contributed by atoms with Crippen LogP contribution in [0.4, 0.5) is 5.69 Å². The van der Waals surface area contributed by atoms with E-state index in [4.69, 9.17) is 14.0 Å². The van der Waals surface area contributed by atoms with Crippen molar-refractivity contribution in [2.75, 3.05) is 47.2 Å². The van der Waals surface area contributed by atoms with E-state index in [1.165, 1.54) is 7.11 Å². The average molecular weight is 601 g/mol. The van der Waals surface area contributed by atoms with Crippen LogP contribution in [0.25, 0.3) is 0 Å². The lowest BCUT2D eigenvalue weighted by atomic mass is 9.53. The van der Waals surface area contributed by atoms with E-state index in [-0.39, 0.29) is 23.9 Å². The number of Topliss-reactive ketones (excluding diaryl/α,β-unsaturated/α-hetero) is 3. The zero-order valence-corrected chi connectivity index (χ0v) is 26.4. The van der Waals surface area contributed by atoms with E-state index in [0.29, 0.717) is 42.2 Å². The molecule has 0 aliphatic heterocycles. The van der Waals surface area contributed by atoms with Crippen LogP contribution < -0.4 is 15.0 Å². The molecule has 44 heavy (non-hydrogen) atoms. The Balaban J connectivity index is 1.51. The maximum Gasteiger partial charge on any atom is 0.208 e. The number of hydrogen-bond donors (Lipinski definition) is 1. The van der Waals surface area contributed by atoms with Crippen molar-refractivity contribution in [2.24, 2.45) is 17.8 Å². The summed E-state index contributed by atoms with van der Waals surface area (Å²) in [6.45, 7) is 2.53. The quantitative estimate of drug-likeness (QED) is 0.383. The lowest BCUT2D eigenvalue weighted by molar-refractivity contribution is -0.159. The van der Waals surface area contributed by atoms with E-state index >= 15 is 0 Å². The number of nitrogens with one attached hydrogen (secondary N) is 1. The van der Waals surface area contributed by atoms with Gasteiger partial charge in [-0.3, -0.25) is 19.3 Å². The van der Waals surface area contributed by atoms with Crippen LogP contribution in [0.1, 0.15) is 61.3 Å². The Kier molecular flexibility index (Phi) is 7.72. The summed E-state index contributed by atoms with van der Waals surface area (Å²) in [5.74, 6) is -2.32. The van der Waals surface area contributed by atoms with Crippen LogP contribution in [0, 0.1) is 24.7 Å². The molecule has 1 aromatic heterocycles. The molecule has 10 heteroatoms. The van der Waals surface area contributed by atoms with E-state index in [9.17, 15) is 14.4 Å². The fourth-order valence-corrected chi connectivity index (χ4v) is 7.97. The number of fused-ring (bicyclic) bond motifs is 4. The molecule has 0 saturated heterocycles. The number of aryl methyl sites for hydroxylation is 1. The van der Waals surface area contributed by atoms with Crippen molar-refractivity contribution in [1.29, 1.82) is 0 Å². The van der Waals surface area contributed by atoms with Crippen LogP contribution in [0.5, 0.6) is 5.75 Å². The Morgan fingerprint density at radius 2 is 1.82 bits per heavy atom. The maximum absolute atomic E-state index is 14.8. The Morgan fingerprint density at radius 3 is 2.45 bits per heavy atom. The highest BCUT2D eigenvalue weighted by Crippen LogP contribution is 2.56. The van der Waals surface area contributed by atoms with Crippen molar-refractivity contribution in [1.82, 2.24) is 15.4 Å². The number of methoxy groups -OCH3 is 1. The van der Waals surface area contributed by atoms with Crippen molar-refractivity contribution in [2.45, 2.75) is 44.6 Å². The second-order valence-corrected chi connectivity index (χ2v) is 12.6. The second kappa shape index (κ2) is 11.3.